The molecule has 0 amide bonds. The van der Waals surface area contributed by atoms with E-state index in [1.54, 1.807) is 0 Å². The number of rotatable bonds is 1. The summed E-state index contributed by atoms with van der Waals surface area (Å²) in [5.74, 6) is 3.01. The number of hydrogen-bond donors (Lipinski definition) is 0. The predicted molar refractivity (Wildman–Crippen MR) is 70.3 cm³/mol. The molecule has 0 bridgehead atoms. The van der Waals surface area contributed by atoms with E-state index in [9.17, 15) is 0 Å². The second-order valence-corrected chi connectivity index (χ2v) is 5.93. The highest BCUT2D eigenvalue weighted by Crippen LogP contribution is 2.37. The Morgan fingerprint density at radius 3 is 2.14 bits per heavy atom. The SMILES string of the molecule is CC1(C)OB(CC#CSI)OC1(C)C. The third-order valence-corrected chi connectivity index (χ3v) is 3.56. The molecule has 0 radical (unpaired) electrons. The van der Waals surface area contributed by atoms with Gasteiger partial charge in [0.05, 0.1) is 11.2 Å². The Morgan fingerprint density at radius 2 is 1.71 bits per heavy atom. The van der Waals surface area contributed by atoms with Crippen LogP contribution >= 0.6 is 30.1 Å². The van der Waals surface area contributed by atoms with Crippen molar-refractivity contribution in [2.24, 2.45) is 0 Å². The summed E-state index contributed by atoms with van der Waals surface area (Å²) < 4.78 is 11.5. The van der Waals surface area contributed by atoms with Crippen molar-refractivity contribution in [3.63, 3.8) is 0 Å². The molecule has 0 saturated carbocycles. The minimum Gasteiger partial charge on any atom is -0.403 e. The van der Waals surface area contributed by atoms with E-state index in [0.29, 0.717) is 6.32 Å². The molecule has 1 heterocycles. The van der Waals surface area contributed by atoms with Crippen LogP contribution in [0.15, 0.2) is 0 Å². The molecule has 1 fully saturated rings. The smallest absolute Gasteiger partial charge is 0.403 e. The Morgan fingerprint density at radius 1 is 1.21 bits per heavy atom. The maximum atomic E-state index is 5.77. The van der Waals surface area contributed by atoms with Gasteiger partial charge in [-0.1, -0.05) is 5.92 Å². The van der Waals surface area contributed by atoms with Gasteiger partial charge in [0.1, 0.15) is 0 Å². The third kappa shape index (κ3) is 2.81. The maximum Gasteiger partial charge on any atom is 0.470 e. The number of halogens is 1. The normalized spacial score (nSPS) is 23.1. The van der Waals surface area contributed by atoms with Crippen molar-refractivity contribution in [2.75, 3.05) is 0 Å². The van der Waals surface area contributed by atoms with Gasteiger partial charge in [-0.2, -0.15) is 0 Å². The molecule has 1 saturated heterocycles. The molecule has 0 unspecified atom stereocenters. The zero-order valence-corrected chi connectivity index (χ0v) is 11.9. The third-order valence-electron chi connectivity index (χ3n) is 2.68. The van der Waals surface area contributed by atoms with Crippen molar-refractivity contribution in [2.45, 2.75) is 45.2 Å². The predicted octanol–water partition coefficient (Wildman–Crippen LogP) is 3.12. The largest absolute Gasteiger partial charge is 0.470 e. The van der Waals surface area contributed by atoms with E-state index in [1.165, 1.54) is 8.93 Å². The highest BCUT2D eigenvalue weighted by Gasteiger charge is 2.50. The molecular formula is C9H14BIO2S. The van der Waals surface area contributed by atoms with Gasteiger partial charge in [-0.3, -0.25) is 0 Å². The molecule has 1 aliphatic heterocycles. The van der Waals surface area contributed by atoms with E-state index in [4.69, 9.17) is 9.31 Å². The van der Waals surface area contributed by atoms with Crippen LogP contribution in [-0.2, 0) is 9.31 Å². The molecule has 1 aliphatic rings. The summed E-state index contributed by atoms with van der Waals surface area (Å²) in [5.41, 5.74) is -0.479. The molecule has 0 atom stereocenters. The van der Waals surface area contributed by atoms with Gasteiger partial charge in [0, 0.05) is 27.5 Å². The Labute approximate surface area is 103 Å². The van der Waals surface area contributed by atoms with E-state index in [0.717, 1.165) is 0 Å². The minimum absolute atomic E-state index is 0.184. The fourth-order valence-electron chi connectivity index (χ4n) is 1.20. The number of hydrogen-bond acceptors (Lipinski definition) is 3. The Kier molecular flexibility index (Phi) is 4.21. The fourth-order valence-corrected chi connectivity index (χ4v) is 1.81. The molecule has 2 nitrogen and oxygen atoms in total. The molecule has 0 aliphatic carbocycles. The van der Waals surface area contributed by atoms with Crippen molar-refractivity contribution in [3.05, 3.63) is 0 Å². The van der Waals surface area contributed by atoms with Gasteiger partial charge in [0.25, 0.3) is 0 Å². The van der Waals surface area contributed by atoms with Gasteiger partial charge in [0.15, 0.2) is 0 Å². The lowest BCUT2D eigenvalue weighted by Crippen LogP contribution is -2.41. The first kappa shape index (κ1) is 12.7. The highest BCUT2D eigenvalue weighted by atomic mass is 127. The van der Waals surface area contributed by atoms with Crippen LogP contribution in [0.4, 0.5) is 0 Å². The van der Waals surface area contributed by atoms with E-state index in [2.05, 4.69) is 32.4 Å². The Hall–Kier alpha value is 0.625. The molecule has 0 N–H and O–H groups in total. The van der Waals surface area contributed by atoms with Crippen molar-refractivity contribution >= 4 is 37.3 Å². The lowest BCUT2D eigenvalue weighted by molar-refractivity contribution is 0.00578. The summed E-state index contributed by atoms with van der Waals surface area (Å²) in [6.45, 7) is 8.20. The summed E-state index contributed by atoms with van der Waals surface area (Å²) in [5, 5.41) is 2.92. The van der Waals surface area contributed by atoms with Crippen LogP contribution in [0.2, 0.25) is 6.32 Å². The molecule has 0 aromatic rings. The van der Waals surface area contributed by atoms with Crippen LogP contribution in [0.25, 0.3) is 0 Å². The van der Waals surface area contributed by atoms with Gasteiger partial charge in [0.2, 0.25) is 0 Å². The highest BCUT2D eigenvalue weighted by molar-refractivity contribution is 14.2. The average molecular weight is 324 g/mol. The average Bonchev–Trinajstić information content (AvgIpc) is 2.21. The summed E-state index contributed by atoms with van der Waals surface area (Å²) in [6.07, 6.45) is 0.642. The first-order valence-electron chi connectivity index (χ1n) is 4.50. The summed E-state index contributed by atoms with van der Waals surface area (Å²) in [6, 6.07) is 0. The molecule has 1 rings (SSSR count). The maximum absolute atomic E-state index is 5.77. The van der Waals surface area contributed by atoms with Crippen LogP contribution < -0.4 is 0 Å². The van der Waals surface area contributed by atoms with E-state index in [1.807, 2.05) is 27.7 Å². The van der Waals surface area contributed by atoms with Crippen LogP contribution in [0.1, 0.15) is 27.7 Å². The van der Waals surface area contributed by atoms with Crippen LogP contribution in [0, 0.1) is 11.2 Å². The second-order valence-electron chi connectivity index (χ2n) is 4.25. The van der Waals surface area contributed by atoms with Crippen molar-refractivity contribution in [3.8, 4) is 11.2 Å². The zero-order valence-electron chi connectivity index (χ0n) is 8.89. The van der Waals surface area contributed by atoms with Crippen LogP contribution in [0.3, 0.4) is 0 Å². The molecule has 78 valence electrons. The van der Waals surface area contributed by atoms with Crippen molar-refractivity contribution in [1.82, 2.24) is 0 Å². The van der Waals surface area contributed by atoms with Crippen molar-refractivity contribution < 1.29 is 9.31 Å². The first-order valence-corrected chi connectivity index (χ1v) is 7.86. The quantitative estimate of drug-likeness (QED) is 0.419. The molecular weight excluding hydrogens is 310 g/mol. The molecule has 0 spiro atoms. The molecule has 5 heteroatoms. The lowest BCUT2D eigenvalue weighted by atomic mass is 9.86. The minimum atomic E-state index is -0.239. The Balaban J connectivity index is 2.55. The summed E-state index contributed by atoms with van der Waals surface area (Å²) in [4.78, 5) is 0. The van der Waals surface area contributed by atoms with E-state index in [-0.39, 0.29) is 18.3 Å². The summed E-state index contributed by atoms with van der Waals surface area (Å²) in [7, 11) is 1.30. The summed E-state index contributed by atoms with van der Waals surface area (Å²) >= 11 is 2.15. The second kappa shape index (κ2) is 4.64. The monoisotopic (exact) mass is 324 g/mol. The standard InChI is InChI=1S/C9H14BIO2S/c1-8(2)9(3,4)13-10(12-8)6-5-7-14-11/h6H2,1-4H3. The first-order chi connectivity index (χ1) is 6.39. The van der Waals surface area contributed by atoms with Crippen LogP contribution in [0.5, 0.6) is 0 Å². The lowest BCUT2D eigenvalue weighted by Gasteiger charge is -2.32. The van der Waals surface area contributed by atoms with Gasteiger partial charge >= 0.3 is 7.12 Å². The Bertz CT molecular complexity index is 254. The van der Waals surface area contributed by atoms with Gasteiger partial charge in [-0.25, -0.2) is 0 Å². The molecule has 14 heavy (non-hydrogen) atoms. The van der Waals surface area contributed by atoms with Gasteiger partial charge in [-0.15, -0.1) is 0 Å². The zero-order chi connectivity index (χ0) is 10.8. The fraction of sp³-hybridized carbons (Fsp3) is 0.778. The van der Waals surface area contributed by atoms with Crippen LogP contribution in [-0.4, -0.2) is 18.3 Å². The van der Waals surface area contributed by atoms with Gasteiger partial charge < -0.3 is 9.31 Å². The van der Waals surface area contributed by atoms with E-state index >= 15 is 0 Å². The van der Waals surface area contributed by atoms with E-state index < -0.39 is 0 Å². The molecule has 0 aromatic carbocycles. The van der Waals surface area contributed by atoms with Crippen molar-refractivity contribution in [1.29, 1.82) is 0 Å². The molecule has 0 aromatic heterocycles. The topological polar surface area (TPSA) is 18.5 Å². The van der Waals surface area contributed by atoms with Gasteiger partial charge in [-0.05, 0) is 41.9 Å².